The minimum Gasteiger partial charge on any atom is -0.291 e. The van der Waals surface area contributed by atoms with Gasteiger partial charge in [0.2, 0.25) is 0 Å². The third kappa shape index (κ3) is 1.28. The van der Waals surface area contributed by atoms with Gasteiger partial charge in [0, 0.05) is 11.1 Å². The molecule has 78 valence electrons. The summed E-state index contributed by atoms with van der Waals surface area (Å²) < 4.78 is -0.941. The summed E-state index contributed by atoms with van der Waals surface area (Å²) in [6.07, 6.45) is 3.61. The van der Waals surface area contributed by atoms with Crippen LogP contribution < -0.4 is 0 Å². The summed E-state index contributed by atoms with van der Waals surface area (Å²) in [7, 11) is 0. The van der Waals surface area contributed by atoms with Crippen molar-refractivity contribution in [3.8, 4) is 0 Å². The number of ketones is 2. The number of rotatable bonds is 2. The second-order valence-electron chi connectivity index (χ2n) is 3.23. The van der Waals surface area contributed by atoms with Gasteiger partial charge in [-0.25, -0.2) is 0 Å². The second-order valence-corrected chi connectivity index (χ2v) is 5.53. The standard InChI is InChI=1S/C11H10O2S2/c1-14-11(15-2)9(12)7-5-3-4-6-8(7)10(11)13/h3-6H,1-2H3. The lowest BCUT2D eigenvalue weighted by molar-refractivity contribution is 0.0916. The Morgan fingerprint density at radius 3 is 1.67 bits per heavy atom. The number of benzene rings is 1. The summed E-state index contributed by atoms with van der Waals surface area (Å²) in [4.78, 5) is 24.3. The van der Waals surface area contributed by atoms with Gasteiger partial charge in [-0.1, -0.05) is 24.3 Å². The Balaban J connectivity index is 2.63. The summed E-state index contributed by atoms with van der Waals surface area (Å²) in [6.45, 7) is 0. The molecule has 0 atom stereocenters. The Morgan fingerprint density at radius 1 is 0.933 bits per heavy atom. The smallest absolute Gasteiger partial charge is 0.197 e. The van der Waals surface area contributed by atoms with Crippen LogP contribution in [0.2, 0.25) is 0 Å². The van der Waals surface area contributed by atoms with E-state index in [-0.39, 0.29) is 11.6 Å². The number of carbonyl (C=O) groups is 2. The highest BCUT2D eigenvalue weighted by Crippen LogP contribution is 2.45. The van der Waals surface area contributed by atoms with Gasteiger partial charge < -0.3 is 0 Å². The minimum absolute atomic E-state index is 0.0666. The molecule has 4 heteroatoms. The van der Waals surface area contributed by atoms with Gasteiger partial charge in [0.05, 0.1) is 0 Å². The molecule has 0 aliphatic heterocycles. The van der Waals surface area contributed by atoms with Crippen molar-refractivity contribution < 1.29 is 9.59 Å². The number of hydrogen-bond acceptors (Lipinski definition) is 4. The topological polar surface area (TPSA) is 34.1 Å². The molecule has 0 fully saturated rings. The summed E-state index contributed by atoms with van der Waals surface area (Å²) in [5, 5.41) is 0. The van der Waals surface area contributed by atoms with Crippen molar-refractivity contribution in [1.82, 2.24) is 0 Å². The van der Waals surface area contributed by atoms with Gasteiger partial charge in [0.1, 0.15) is 0 Å². The van der Waals surface area contributed by atoms with Crippen molar-refractivity contribution in [2.24, 2.45) is 0 Å². The first-order valence-electron chi connectivity index (χ1n) is 4.46. The van der Waals surface area contributed by atoms with E-state index in [1.54, 1.807) is 36.8 Å². The molecule has 2 nitrogen and oxygen atoms in total. The largest absolute Gasteiger partial charge is 0.291 e. The second kappa shape index (κ2) is 3.68. The van der Waals surface area contributed by atoms with Crippen LogP contribution in [0.15, 0.2) is 24.3 Å². The van der Waals surface area contributed by atoms with E-state index in [1.165, 1.54) is 23.5 Å². The Bertz CT molecular complexity index is 399. The molecule has 1 aromatic carbocycles. The minimum atomic E-state index is -0.941. The van der Waals surface area contributed by atoms with Crippen molar-refractivity contribution in [2.45, 2.75) is 4.08 Å². The molecule has 0 heterocycles. The molecule has 1 aromatic rings. The first-order valence-corrected chi connectivity index (χ1v) is 6.91. The number of thioether (sulfide) groups is 2. The first kappa shape index (κ1) is 10.8. The van der Waals surface area contributed by atoms with E-state index in [0.29, 0.717) is 11.1 Å². The molecule has 0 amide bonds. The summed E-state index contributed by atoms with van der Waals surface area (Å²) in [6, 6.07) is 7.04. The molecule has 1 aliphatic carbocycles. The van der Waals surface area contributed by atoms with Gasteiger partial charge in [-0.3, -0.25) is 9.59 Å². The van der Waals surface area contributed by atoms with E-state index in [2.05, 4.69) is 0 Å². The Kier molecular flexibility index (Phi) is 2.64. The van der Waals surface area contributed by atoms with Crippen molar-refractivity contribution in [1.29, 1.82) is 0 Å². The maximum atomic E-state index is 12.1. The van der Waals surface area contributed by atoms with Crippen LogP contribution in [0, 0.1) is 0 Å². The van der Waals surface area contributed by atoms with Gasteiger partial charge in [0.15, 0.2) is 15.6 Å². The van der Waals surface area contributed by atoms with Gasteiger partial charge in [-0.15, -0.1) is 23.5 Å². The number of Topliss-reactive ketones (excluding diaryl/α,β-unsaturated/α-hetero) is 2. The summed E-state index contributed by atoms with van der Waals surface area (Å²) in [5.41, 5.74) is 1.12. The normalized spacial score (nSPS) is 18.0. The molecule has 15 heavy (non-hydrogen) atoms. The fourth-order valence-corrected chi connectivity index (χ4v) is 3.64. The molecule has 1 aliphatic rings. The Morgan fingerprint density at radius 2 is 1.33 bits per heavy atom. The maximum absolute atomic E-state index is 12.1. The lowest BCUT2D eigenvalue weighted by Crippen LogP contribution is -2.33. The molecule has 0 saturated carbocycles. The zero-order valence-corrected chi connectivity index (χ0v) is 10.1. The molecule has 0 aromatic heterocycles. The highest BCUT2D eigenvalue weighted by molar-refractivity contribution is 8.20. The van der Waals surface area contributed by atoms with Crippen molar-refractivity contribution in [3.05, 3.63) is 35.4 Å². The summed E-state index contributed by atoms with van der Waals surface area (Å²) >= 11 is 2.63. The average molecular weight is 238 g/mol. The van der Waals surface area contributed by atoms with Crippen LogP contribution in [0.3, 0.4) is 0 Å². The third-order valence-electron chi connectivity index (χ3n) is 2.59. The number of hydrogen-bond donors (Lipinski definition) is 0. The van der Waals surface area contributed by atoms with E-state index in [4.69, 9.17) is 0 Å². The molecular weight excluding hydrogens is 228 g/mol. The van der Waals surface area contributed by atoms with Crippen LogP contribution in [0.25, 0.3) is 0 Å². The van der Waals surface area contributed by atoms with E-state index in [1.807, 2.05) is 0 Å². The zero-order chi connectivity index (χ0) is 11.1. The summed E-state index contributed by atoms with van der Waals surface area (Å²) in [5.74, 6) is -0.133. The highest BCUT2D eigenvalue weighted by Gasteiger charge is 2.52. The van der Waals surface area contributed by atoms with E-state index in [9.17, 15) is 9.59 Å². The Labute approximate surface area is 96.8 Å². The predicted molar refractivity (Wildman–Crippen MR) is 64.9 cm³/mol. The van der Waals surface area contributed by atoms with Gasteiger partial charge in [0.25, 0.3) is 0 Å². The molecule has 0 bridgehead atoms. The highest BCUT2D eigenvalue weighted by atomic mass is 32.2. The average Bonchev–Trinajstić information content (AvgIpc) is 2.51. The Hall–Kier alpha value is -0.740. The molecule has 0 saturated heterocycles. The quantitative estimate of drug-likeness (QED) is 0.585. The van der Waals surface area contributed by atoms with E-state index >= 15 is 0 Å². The van der Waals surface area contributed by atoms with Gasteiger partial charge in [-0.05, 0) is 12.5 Å². The lowest BCUT2D eigenvalue weighted by atomic mass is 10.1. The van der Waals surface area contributed by atoms with Gasteiger partial charge in [-0.2, -0.15) is 0 Å². The van der Waals surface area contributed by atoms with Crippen LogP contribution in [-0.4, -0.2) is 28.2 Å². The molecule has 0 radical (unpaired) electrons. The molecule has 0 unspecified atom stereocenters. The SMILES string of the molecule is CSC1(SC)C(=O)c2ccccc2C1=O. The molecule has 0 N–H and O–H groups in total. The van der Waals surface area contributed by atoms with Crippen LogP contribution in [0.1, 0.15) is 20.7 Å². The van der Waals surface area contributed by atoms with Crippen LogP contribution >= 0.6 is 23.5 Å². The fourth-order valence-electron chi connectivity index (χ4n) is 1.79. The van der Waals surface area contributed by atoms with Gasteiger partial charge >= 0.3 is 0 Å². The fraction of sp³-hybridized carbons (Fsp3) is 0.273. The van der Waals surface area contributed by atoms with E-state index < -0.39 is 4.08 Å². The molecular formula is C11H10O2S2. The monoisotopic (exact) mass is 238 g/mol. The maximum Gasteiger partial charge on any atom is 0.197 e. The van der Waals surface area contributed by atoms with E-state index in [0.717, 1.165) is 0 Å². The van der Waals surface area contributed by atoms with Crippen molar-refractivity contribution in [2.75, 3.05) is 12.5 Å². The lowest BCUT2D eigenvalue weighted by Gasteiger charge is -2.19. The van der Waals surface area contributed by atoms with Crippen LogP contribution in [-0.2, 0) is 0 Å². The third-order valence-corrected chi connectivity index (χ3v) is 5.48. The molecule has 0 spiro atoms. The number of carbonyl (C=O) groups excluding carboxylic acids is 2. The number of fused-ring (bicyclic) bond motifs is 1. The van der Waals surface area contributed by atoms with Crippen LogP contribution in [0.4, 0.5) is 0 Å². The van der Waals surface area contributed by atoms with Crippen molar-refractivity contribution in [3.63, 3.8) is 0 Å². The predicted octanol–water partition coefficient (Wildman–Crippen LogP) is 2.49. The zero-order valence-electron chi connectivity index (χ0n) is 8.44. The van der Waals surface area contributed by atoms with Crippen LogP contribution in [0.5, 0.6) is 0 Å². The molecule has 2 rings (SSSR count). The first-order chi connectivity index (χ1) is 7.17. The van der Waals surface area contributed by atoms with Crippen molar-refractivity contribution >= 4 is 35.1 Å².